The Morgan fingerprint density at radius 2 is 0.958 bits per heavy atom. The van der Waals surface area contributed by atoms with Gasteiger partial charge in [0.15, 0.2) is 0 Å². The Bertz CT molecular complexity index is 620. The molecule has 0 fully saturated rings. The van der Waals surface area contributed by atoms with Gasteiger partial charge in [0.2, 0.25) is 0 Å². The minimum atomic E-state index is -2.44. The molecule has 0 aliphatic rings. The van der Waals surface area contributed by atoms with E-state index in [0.29, 0.717) is 0 Å². The van der Waals surface area contributed by atoms with Crippen LogP contribution in [0.5, 0.6) is 0 Å². The van der Waals surface area contributed by atoms with Crippen molar-refractivity contribution in [1.82, 2.24) is 0 Å². The van der Waals surface area contributed by atoms with Gasteiger partial charge in [0, 0.05) is 0 Å². The number of halogens is 1. The Labute approximate surface area is 155 Å². The standard InChI is InChI=1S/C21H23OP.BrH/c1-2-18-22-23(19-12-6-3-7-13-19,20-14-8-4-9-15-20)21-16-10-5-11-17-21;/h3-17,23H,2,18H2,1H3;1H. The van der Waals surface area contributed by atoms with Gasteiger partial charge in [0.05, 0.1) is 0 Å². The summed E-state index contributed by atoms with van der Waals surface area (Å²) in [7, 11) is -2.44. The molecule has 0 heterocycles. The second-order valence-corrected chi connectivity index (χ2v) is 9.01. The van der Waals surface area contributed by atoms with Crippen molar-refractivity contribution in [3.63, 3.8) is 0 Å². The fourth-order valence-electron chi connectivity index (χ4n) is 3.02. The van der Waals surface area contributed by atoms with Crippen LogP contribution in [0.4, 0.5) is 0 Å². The van der Waals surface area contributed by atoms with E-state index in [1.165, 1.54) is 15.9 Å². The van der Waals surface area contributed by atoms with Crippen LogP contribution in [0.2, 0.25) is 0 Å². The SMILES string of the molecule is Br.CCCO[PH](c1ccccc1)(c1ccccc1)c1ccccc1. The molecular formula is C21H24BrOP. The van der Waals surface area contributed by atoms with Gasteiger partial charge in [-0.05, 0) is 0 Å². The van der Waals surface area contributed by atoms with E-state index in [2.05, 4.69) is 97.9 Å². The summed E-state index contributed by atoms with van der Waals surface area (Å²) in [6.45, 7) is 2.94. The van der Waals surface area contributed by atoms with Crippen molar-refractivity contribution in [3.05, 3.63) is 91.0 Å². The summed E-state index contributed by atoms with van der Waals surface area (Å²) in [5.74, 6) is 0. The average molecular weight is 403 g/mol. The molecule has 0 saturated carbocycles. The summed E-state index contributed by atoms with van der Waals surface area (Å²) in [5.41, 5.74) is 0. The summed E-state index contributed by atoms with van der Waals surface area (Å²) >= 11 is 0. The molecule has 1 nitrogen and oxygen atoms in total. The van der Waals surface area contributed by atoms with E-state index in [1.54, 1.807) is 0 Å². The van der Waals surface area contributed by atoms with Crippen LogP contribution in [-0.4, -0.2) is 6.61 Å². The van der Waals surface area contributed by atoms with E-state index in [1.807, 2.05) is 0 Å². The van der Waals surface area contributed by atoms with Crippen LogP contribution in [0.15, 0.2) is 91.0 Å². The summed E-state index contributed by atoms with van der Waals surface area (Å²) in [6, 6.07) is 32.1. The molecule has 3 heteroatoms. The number of benzene rings is 3. The van der Waals surface area contributed by atoms with Gasteiger partial charge in [-0.2, -0.15) is 0 Å². The Morgan fingerprint density at radius 1 is 0.625 bits per heavy atom. The Kier molecular flexibility index (Phi) is 7.17. The van der Waals surface area contributed by atoms with Crippen molar-refractivity contribution in [2.24, 2.45) is 0 Å². The summed E-state index contributed by atoms with van der Waals surface area (Å²) in [6.07, 6.45) is 1.02. The molecule has 24 heavy (non-hydrogen) atoms. The summed E-state index contributed by atoms with van der Waals surface area (Å²) < 4.78 is 6.68. The molecule has 0 bridgehead atoms. The molecular weight excluding hydrogens is 379 g/mol. The third kappa shape index (κ3) is 3.78. The second-order valence-electron chi connectivity index (χ2n) is 5.63. The van der Waals surface area contributed by atoms with Gasteiger partial charge in [0.25, 0.3) is 0 Å². The topological polar surface area (TPSA) is 9.23 Å². The minimum absolute atomic E-state index is 0. The van der Waals surface area contributed by atoms with Crippen molar-refractivity contribution < 1.29 is 4.52 Å². The Balaban J connectivity index is 0.00000208. The van der Waals surface area contributed by atoms with Crippen LogP contribution in [-0.2, 0) is 4.52 Å². The normalized spacial score (nSPS) is 11.5. The van der Waals surface area contributed by atoms with Crippen molar-refractivity contribution in [2.75, 3.05) is 6.61 Å². The molecule has 0 spiro atoms. The van der Waals surface area contributed by atoms with Gasteiger partial charge in [-0.25, -0.2) is 0 Å². The predicted octanol–water partition coefficient (Wildman–Crippen LogP) is 4.63. The summed E-state index contributed by atoms with van der Waals surface area (Å²) in [5, 5.41) is 3.89. The Morgan fingerprint density at radius 3 is 1.25 bits per heavy atom. The molecule has 3 rings (SSSR count). The molecule has 0 atom stereocenters. The maximum atomic E-state index is 6.68. The molecule has 3 aromatic carbocycles. The third-order valence-corrected chi connectivity index (χ3v) is 8.14. The van der Waals surface area contributed by atoms with Crippen LogP contribution in [0.25, 0.3) is 0 Å². The third-order valence-electron chi connectivity index (χ3n) is 4.06. The zero-order valence-corrected chi connectivity index (χ0v) is 16.6. The maximum absolute atomic E-state index is 6.68. The van der Waals surface area contributed by atoms with E-state index in [4.69, 9.17) is 4.52 Å². The van der Waals surface area contributed by atoms with Crippen LogP contribution >= 0.6 is 24.5 Å². The van der Waals surface area contributed by atoms with Crippen LogP contribution < -0.4 is 15.9 Å². The molecule has 0 aliphatic carbocycles. The van der Waals surface area contributed by atoms with Gasteiger partial charge in [-0.15, -0.1) is 17.0 Å². The first kappa shape index (κ1) is 18.9. The van der Waals surface area contributed by atoms with Crippen molar-refractivity contribution in [2.45, 2.75) is 13.3 Å². The average Bonchev–Trinajstić information content (AvgIpc) is 2.65. The van der Waals surface area contributed by atoms with Crippen molar-refractivity contribution in [3.8, 4) is 0 Å². The predicted molar refractivity (Wildman–Crippen MR) is 113 cm³/mol. The van der Waals surface area contributed by atoms with Gasteiger partial charge in [-0.1, -0.05) is 0 Å². The number of rotatable bonds is 6. The molecule has 0 unspecified atom stereocenters. The molecule has 0 aromatic heterocycles. The van der Waals surface area contributed by atoms with E-state index in [0.717, 1.165) is 13.0 Å². The zero-order valence-electron chi connectivity index (χ0n) is 13.9. The first-order valence-electron chi connectivity index (χ1n) is 8.18. The van der Waals surface area contributed by atoms with Crippen LogP contribution in [0, 0.1) is 0 Å². The Hall–Kier alpha value is -1.47. The molecule has 0 N–H and O–H groups in total. The second kappa shape index (κ2) is 9.13. The number of hydrogen-bond donors (Lipinski definition) is 0. The van der Waals surface area contributed by atoms with E-state index >= 15 is 0 Å². The first-order valence-corrected chi connectivity index (χ1v) is 10.1. The molecule has 0 saturated heterocycles. The molecule has 0 radical (unpaired) electrons. The molecule has 0 amide bonds. The van der Waals surface area contributed by atoms with E-state index in [9.17, 15) is 0 Å². The van der Waals surface area contributed by atoms with E-state index < -0.39 is 7.49 Å². The van der Waals surface area contributed by atoms with Crippen molar-refractivity contribution >= 4 is 40.4 Å². The first-order chi connectivity index (χ1) is 11.4. The van der Waals surface area contributed by atoms with Crippen LogP contribution in [0.3, 0.4) is 0 Å². The number of hydrogen-bond acceptors (Lipinski definition) is 1. The summed E-state index contributed by atoms with van der Waals surface area (Å²) in [4.78, 5) is 0. The zero-order chi connectivity index (χ0) is 16.0. The van der Waals surface area contributed by atoms with Crippen molar-refractivity contribution in [1.29, 1.82) is 0 Å². The van der Waals surface area contributed by atoms with Gasteiger partial charge in [-0.3, -0.25) is 0 Å². The monoisotopic (exact) mass is 402 g/mol. The van der Waals surface area contributed by atoms with Gasteiger partial charge >= 0.3 is 139 Å². The van der Waals surface area contributed by atoms with Crippen LogP contribution in [0.1, 0.15) is 13.3 Å². The molecule has 0 aliphatic heterocycles. The van der Waals surface area contributed by atoms with Gasteiger partial charge in [0.1, 0.15) is 0 Å². The van der Waals surface area contributed by atoms with E-state index in [-0.39, 0.29) is 17.0 Å². The molecule has 126 valence electrons. The van der Waals surface area contributed by atoms with Gasteiger partial charge < -0.3 is 0 Å². The molecule has 3 aromatic rings. The fourth-order valence-corrected chi connectivity index (χ4v) is 7.02. The fraction of sp³-hybridized carbons (Fsp3) is 0.143. The quantitative estimate of drug-likeness (QED) is 0.546.